The lowest BCUT2D eigenvalue weighted by atomic mass is 9.92. The third-order valence-corrected chi connectivity index (χ3v) is 2.88. The van der Waals surface area contributed by atoms with Crippen LogP contribution >= 0.6 is 0 Å². The fraction of sp³-hybridized carbons (Fsp3) is 0.333. The van der Waals surface area contributed by atoms with Crippen molar-refractivity contribution in [3.63, 3.8) is 0 Å². The van der Waals surface area contributed by atoms with Crippen LogP contribution < -0.4 is 5.32 Å². The Balaban J connectivity index is 2.39. The Kier molecular flexibility index (Phi) is 2.42. The van der Waals surface area contributed by atoms with Gasteiger partial charge < -0.3 is 5.32 Å². The van der Waals surface area contributed by atoms with Crippen molar-refractivity contribution in [1.29, 1.82) is 0 Å². The Labute approximate surface area is 94.2 Å². The van der Waals surface area contributed by atoms with Crippen LogP contribution in [0.3, 0.4) is 0 Å². The Morgan fingerprint density at radius 1 is 1.19 bits per heavy atom. The highest BCUT2D eigenvalue weighted by Gasteiger charge is 2.41. The monoisotopic (exact) mass is 218 g/mol. The van der Waals surface area contributed by atoms with Gasteiger partial charge in [0.15, 0.2) is 0 Å². The van der Waals surface area contributed by atoms with E-state index >= 15 is 0 Å². The maximum Gasteiger partial charge on any atom is 0.325 e. The number of benzene rings is 1. The Morgan fingerprint density at radius 2 is 1.81 bits per heavy atom. The van der Waals surface area contributed by atoms with Gasteiger partial charge in [-0.2, -0.15) is 0 Å². The van der Waals surface area contributed by atoms with Crippen molar-refractivity contribution in [3.05, 3.63) is 35.9 Å². The SMILES string of the molecule is CC(C)(c1ccccc1)N1C(=O)CNC1=O. The molecular weight excluding hydrogens is 204 g/mol. The zero-order valence-electron chi connectivity index (χ0n) is 9.36. The fourth-order valence-corrected chi connectivity index (χ4v) is 1.96. The molecule has 0 bridgehead atoms. The molecule has 1 fully saturated rings. The van der Waals surface area contributed by atoms with E-state index in [1.165, 1.54) is 4.90 Å². The molecule has 1 N–H and O–H groups in total. The van der Waals surface area contributed by atoms with Crippen LogP contribution in [-0.4, -0.2) is 23.4 Å². The number of urea groups is 1. The number of nitrogens with one attached hydrogen (secondary N) is 1. The third-order valence-electron chi connectivity index (χ3n) is 2.88. The Morgan fingerprint density at radius 3 is 2.31 bits per heavy atom. The highest BCUT2D eigenvalue weighted by atomic mass is 16.2. The van der Waals surface area contributed by atoms with E-state index in [-0.39, 0.29) is 18.5 Å². The zero-order chi connectivity index (χ0) is 11.8. The number of hydrogen-bond acceptors (Lipinski definition) is 2. The molecule has 84 valence electrons. The highest BCUT2D eigenvalue weighted by molar-refractivity contribution is 6.02. The minimum atomic E-state index is -0.612. The molecule has 0 aliphatic carbocycles. The molecule has 1 heterocycles. The summed E-state index contributed by atoms with van der Waals surface area (Å²) < 4.78 is 0. The van der Waals surface area contributed by atoms with Crippen LogP contribution in [0.4, 0.5) is 4.79 Å². The number of carbonyl (C=O) groups is 2. The zero-order valence-corrected chi connectivity index (χ0v) is 9.36. The molecule has 1 saturated heterocycles. The molecule has 0 aromatic heterocycles. The predicted molar refractivity (Wildman–Crippen MR) is 59.7 cm³/mol. The van der Waals surface area contributed by atoms with Crippen molar-refractivity contribution in [1.82, 2.24) is 10.2 Å². The summed E-state index contributed by atoms with van der Waals surface area (Å²) in [5, 5.41) is 2.53. The van der Waals surface area contributed by atoms with Crippen LogP contribution in [0.2, 0.25) is 0 Å². The van der Waals surface area contributed by atoms with Crippen molar-refractivity contribution >= 4 is 11.9 Å². The largest absolute Gasteiger partial charge is 0.329 e. The Hall–Kier alpha value is -1.84. The van der Waals surface area contributed by atoms with Gasteiger partial charge in [0.1, 0.15) is 0 Å². The topological polar surface area (TPSA) is 49.4 Å². The van der Waals surface area contributed by atoms with E-state index < -0.39 is 5.54 Å². The first kappa shape index (κ1) is 10.7. The molecule has 1 aromatic carbocycles. The number of rotatable bonds is 2. The van der Waals surface area contributed by atoms with Crippen LogP contribution in [0, 0.1) is 0 Å². The van der Waals surface area contributed by atoms with Gasteiger partial charge in [0, 0.05) is 0 Å². The summed E-state index contributed by atoms with van der Waals surface area (Å²) in [7, 11) is 0. The maximum absolute atomic E-state index is 11.6. The van der Waals surface area contributed by atoms with Gasteiger partial charge in [0.05, 0.1) is 12.1 Å². The molecule has 0 atom stereocenters. The van der Waals surface area contributed by atoms with E-state index in [9.17, 15) is 9.59 Å². The van der Waals surface area contributed by atoms with Gasteiger partial charge >= 0.3 is 6.03 Å². The smallest absolute Gasteiger partial charge is 0.325 e. The van der Waals surface area contributed by atoms with E-state index in [0.717, 1.165) is 5.56 Å². The van der Waals surface area contributed by atoms with Crippen LogP contribution in [0.5, 0.6) is 0 Å². The summed E-state index contributed by atoms with van der Waals surface area (Å²) in [4.78, 5) is 24.5. The van der Waals surface area contributed by atoms with Crippen molar-refractivity contribution < 1.29 is 9.59 Å². The van der Waals surface area contributed by atoms with Crippen LogP contribution in [0.25, 0.3) is 0 Å². The summed E-state index contributed by atoms with van der Waals surface area (Å²) in [6, 6.07) is 9.22. The molecule has 1 aliphatic heterocycles. The lowest BCUT2D eigenvalue weighted by molar-refractivity contribution is -0.128. The lowest BCUT2D eigenvalue weighted by Crippen LogP contribution is -2.45. The summed E-state index contributed by atoms with van der Waals surface area (Å²) in [5.41, 5.74) is 0.333. The van der Waals surface area contributed by atoms with E-state index in [4.69, 9.17) is 0 Å². The predicted octanol–water partition coefficient (Wildman–Crippen LogP) is 1.47. The minimum absolute atomic E-state index is 0.0924. The molecule has 1 aliphatic rings. The Bertz CT molecular complexity index is 410. The van der Waals surface area contributed by atoms with Crippen molar-refractivity contribution in [2.45, 2.75) is 19.4 Å². The maximum atomic E-state index is 11.6. The number of amides is 3. The number of imide groups is 1. The molecule has 4 heteroatoms. The third kappa shape index (κ3) is 1.56. The average Bonchev–Trinajstić information content (AvgIpc) is 2.60. The number of nitrogens with zero attached hydrogens (tertiary/aromatic N) is 1. The second kappa shape index (κ2) is 3.63. The second-order valence-electron chi connectivity index (χ2n) is 4.31. The normalized spacial score (nSPS) is 16.5. The van der Waals surface area contributed by atoms with Gasteiger partial charge in [-0.3, -0.25) is 9.69 Å². The molecule has 0 spiro atoms. The lowest BCUT2D eigenvalue weighted by Gasteiger charge is -2.33. The first-order valence-corrected chi connectivity index (χ1v) is 5.20. The van der Waals surface area contributed by atoms with Gasteiger partial charge in [-0.05, 0) is 19.4 Å². The molecule has 0 saturated carbocycles. The quantitative estimate of drug-likeness (QED) is 0.764. The first-order valence-electron chi connectivity index (χ1n) is 5.20. The van der Waals surface area contributed by atoms with Gasteiger partial charge in [0.2, 0.25) is 0 Å². The molecule has 16 heavy (non-hydrogen) atoms. The molecule has 1 aromatic rings. The highest BCUT2D eigenvalue weighted by Crippen LogP contribution is 2.29. The van der Waals surface area contributed by atoms with Gasteiger partial charge in [0.25, 0.3) is 5.91 Å². The molecule has 2 rings (SSSR count). The van der Waals surface area contributed by atoms with Crippen molar-refractivity contribution in [2.75, 3.05) is 6.54 Å². The summed E-state index contributed by atoms with van der Waals surface area (Å²) in [5.74, 6) is -0.182. The first-order chi connectivity index (χ1) is 7.53. The van der Waals surface area contributed by atoms with Crippen molar-refractivity contribution in [3.8, 4) is 0 Å². The fourth-order valence-electron chi connectivity index (χ4n) is 1.96. The van der Waals surface area contributed by atoms with E-state index in [1.807, 2.05) is 44.2 Å². The van der Waals surface area contributed by atoms with Crippen LogP contribution in [0.1, 0.15) is 19.4 Å². The average molecular weight is 218 g/mol. The standard InChI is InChI=1S/C12H14N2O2/c1-12(2,9-6-4-3-5-7-9)14-10(15)8-13-11(14)16/h3-7H,8H2,1-2H3,(H,13,16). The summed E-state index contributed by atoms with van der Waals surface area (Å²) in [6.07, 6.45) is 0. The van der Waals surface area contributed by atoms with Gasteiger partial charge in [-0.15, -0.1) is 0 Å². The minimum Gasteiger partial charge on any atom is -0.329 e. The molecule has 4 nitrogen and oxygen atoms in total. The van der Waals surface area contributed by atoms with E-state index in [0.29, 0.717) is 0 Å². The second-order valence-corrected chi connectivity index (χ2v) is 4.31. The summed E-state index contributed by atoms with van der Waals surface area (Å²) in [6.45, 7) is 3.82. The molecule has 0 unspecified atom stereocenters. The van der Waals surface area contributed by atoms with Gasteiger partial charge in [-0.1, -0.05) is 30.3 Å². The van der Waals surface area contributed by atoms with Crippen molar-refractivity contribution in [2.24, 2.45) is 0 Å². The van der Waals surface area contributed by atoms with E-state index in [2.05, 4.69) is 5.32 Å². The number of carbonyl (C=O) groups excluding carboxylic acids is 2. The molecule has 0 radical (unpaired) electrons. The summed E-state index contributed by atoms with van der Waals surface area (Å²) >= 11 is 0. The molecule has 3 amide bonds. The molecular formula is C12H14N2O2. The van der Waals surface area contributed by atoms with Crippen LogP contribution in [0.15, 0.2) is 30.3 Å². The van der Waals surface area contributed by atoms with Gasteiger partial charge in [-0.25, -0.2) is 4.79 Å². The van der Waals surface area contributed by atoms with E-state index in [1.54, 1.807) is 0 Å². The number of hydrogen-bond donors (Lipinski definition) is 1. The van der Waals surface area contributed by atoms with Crippen LogP contribution in [-0.2, 0) is 10.3 Å².